The molecule has 1 amide bonds. The van der Waals surface area contributed by atoms with Gasteiger partial charge in [0.25, 0.3) is 0 Å². The largest absolute Gasteiger partial charge is 0.466 e. The Bertz CT molecular complexity index is 1390. The molecular formula is C22H26Br2N6O8. The minimum absolute atomic E-state index is 0.0487. The lowest BCUT2D eigenvalue weighted by atomic mass is 10.2. The van der Waals surface area contributed by atoms with E-state index in [4.69, 9.17) is 14.2 Å². The van der Waals surface area contributed by atoms with Gasteiger partial charge in [-0.25, -0.2) is 34.2 Å². The average molecular weight is 662 g/mol. The number of amides is 1. The third-order valence-corrected chi connectivity index (χ3v) is 4.88. The zero-order valence-corrected chi connectivity index (χ0v) is 24.3. The summed E-state index contributed by atoms with van der Waals surface area (Å²) in [5, 5.41) is 2.74. The highest BCUT2D eigenvalue weighted by atomic mass is 79.9. The molecule has 0 saturated carbocycles. The molecule has 14 nitrogen and oxygen atoms in total. The molecule has 0 fully saturated rings. The van der Waals surface area contributed by atoms with E-state index in [1.807, 2.05) is 0 Å². The van der Waals surface area contributed by atoms with Gasteiger partial charge in [0.2, 0.25) is 16.9 Å². The molecule has 0 unspecified atom stereocenters. The molecule has 0 atom stereocenters. The van der Waals surface area contributed by atoms with Crippen LogP contribution in [0.25, 0.3) is 5.65 Å². The number of carbonyl (C=O) groups is 4. The van der Waals surface area contributed by atoms with Gasteiger partial charge in [-0.15, -0.1) is 0 Å². The molecule has 206 valence electrons. The summed E-state index contributed by atoms with van der Waals surface area (Å²) < 4.78 is 17.9. The van der Waals surface area contributed by atoms with Crippen molar-refractivity contribution >= 4 is 61.3 Å². The number of imidazole rings is 2. The number of nitrogens with zero attached hydrogens (tertiary/aromatic N) is 4. The van der Waals surface area contributed by atoms with Crippen molar-refractivity contribution in [2.75, 3.05) is 18.6 Å². The number of Topliss-reactive ketones (excluding diaryl/α,β-unsaturated/α-hetero) is 1. The fraction of sp³-hybridized carbons (Fsp3) is 0.409. The predicted octanol–water partition coefficient (Wildman–Crippen LogP) is 3.22. The first-order valence-corrected chi connectivity index (χ1v) is 12.7. The van der Waals surface area contributed by atoms with Crippen molar-refractivity contribution in [3.05, 3.63) is 49.4 Å². The van der Waals surface area contributed by atoms with E-state index in [0.29, 0.717) is 9.21 Å². The summed E-state index contributed by atoms with van der Waals surface area (Å²) in [6, 6.07) is 0. The number of rotatable bonds is 7. The second-order valence-corrected chi connectivity index (χ2v) is 9.89. The van der Waals surface area contributed by atoms with Crippen molar-refractivity contribution in [1.29, 1.82) is 0 Å². The monoisotopic (exact) mass is 660 g/mol. The lowest BCUT2D eigenvalue weighted by molar-refractivity contribution is -0.141. The molecule has 0 saturated heterocycles. The first kappa shape index (κ1) is 30.7. The molecule has 0 radical (unpaired) electrons. The van der Waals surface area contributed by atoms with Crippen LogP contribution in [0, 0.1) is 0 Å². The topological polar surface area (TPSA) is 176 Å². The molecule has 2 N–H and O–H groups in total. The Morgan fingerprint density at radius 3 is 2.26 bits per heavy atom. The van der Waals surface area contributed by atoms with Crippen molar-refractivity contribution in [2.24, 2.45) is 0 Å². The van der Waals surface area contributed by atoms with Crippen LogP contribution in [0.4, 0.5) is 4.79 Å². The highest BCUT2D eigenvalue weighted by Gasteiger charge is 2.22. The van der Waals surface area contributed by atoms with E-state index in [9.17, 15) is 24.0 Å². The number of carbonyl (C=O) groups excluding carboxylic acids is 4. The normalized spacial score (nSPS) is 10.8. The number of hydrogen-bond donors (Lipinski definition) is 2. The molecule has 38 heavy (non-hydrogen) atoms. The maximum atomic E-state index is 12.0. The van der Waals surface area contributed by atoms with E-state index in [-0.39, 0.29) is 30.2 Å². The number of halogens is 2. The van der Waals surface area contributed by atoms with Crippen LogP contribution >= 0.6 is 31.9 Å². The molecule has 3 heterocycles. The number of aromatic amines is 1. The fourth-order valence-corrected chi connectivity index (χ4v) is 3.49. The Kier molecular flexibility index (Phi) is 10.8. The molecule has 0 spiro atoms. The molecule has 0 aliphatic heterocycles. The number of nitrogens with one attached hydrogen (secondary N) is 2. The van der Waals surface area contributed by atoms with Crippen LogP contribution < -0.4 is 10.9 Å². The average Bonchev–Trinajstić information content (AvgIpc) is 3.35. The number of aromatic nitrogens is 5. The second-order valence-electron chi connectivity index (χ2n) is 8.27. The number of fused-ring (bicyclic) bond motifs is 1. The van der Waals surface area contributed by atoms with E-state index < -0.39 is 41.3 Å². The van der Waals surface area contributed by atoms with Crippen LogP contribution in [0.1, 0.15) is 62.0 Å². The summed E-state index contributed by atoms with van der Waals surface area (Å²) in [7, 11) is 0. The molecule has 0 bridgehead atoms. The fourth-order valence-electron chi connectivity index (χ4n) is 2.75. The molecule has 0 aromatic carbocycles. The molecular weight excluding hydrogens is 636 g/mol. The zero-order valence-electron chi connectivity index (χ0n) is 21.2. The number of ether oxygens (including phenoxy) is 3. The van der Waals surface area contributed by atoms with Gasteiger partial charge in [0, 0.05) is 6.20 Å². The first-order valence-electron chi connectivity index (χ1n) is 11.1. The van der Waals surface area contributed by atoms with Gasteiger partial charge in [-0.1, -0.05) is 0 Å². The Hall–Kier alpha value is -3.53. The highest BCUT2D eigenvalue weighted by molar-refractivity contribution is 9.10. The van der Waals surface area contributed by atoms with Crippen LogP contribution in [0.3, 0.4) is 0 Å². The summed E-state index contributed by atoms with van der Waals surface area (Å²) in [6.07, 6.45) is 3.06. The summed E-state index contributed by atoms with van der Waals surface area (Å²) in [6.45, 7) is 8.86. The van der Waals surface area contributed by atoms with Crippen LogP contribution in [0.15, 0.2) is 32.6 Å². The quantitative estimate of drug-likeness (QED) is 0.165. The number of ketones is 1. The van der Waals surface area contributed by atoms with Crippen molar-refractivity contribution in [1.82, 2.24) is 24.3 Å². The standard InChI is InChI=1S/C13H18BrN3O5.C9H8BrN3O3/c1-5-21-10(19)6-8(18)11-15-9(14)7-17(11)16-12(20)22-13(2,3)4;1-2-16-9(15)5-3-11-13-4-6(10)12-8(13)7(5)14/h7H,5-6H2,1-4H3,(H,16,20);3-4,11H,2H2,1H3. The van der Waals surface area contributed by atoms with Gasteiger partial charge in [-0.2, -0.15) is 0 Å². The number of esters is 2. The van der Waals surface area contributed by atoms with Gasteiger partial charge >= 0.3 is 18.0 Å². The van der Waals surface area contributed by atoms with Crippen molar-refractivity contribution in [3.63, 3.8) is 0 Å². The van der Waals surface area contributed by atoms with E-state index >= 15 is 0 Å². The third kappa shape index (κ3) is 8.79. The van der Waals surface area contributed by atoms with Gasteiger partial charge in [-0.05, 0) is 66.5 Å². The minimum Gasteiger partial charge on any atom is -0.466 e. The van der Waals surface area contributed by atoms with E-state index in [2.05, 4.69) is 52.4 Å². The lowest BCUT2D eigenvalue weighted by Gasteiger charge is -2.20. The van der Waals surface area contributed by atoms with Crippen LogP contribution in [-0.4, -0.2) is 66.9 Å². The summed E-state index contributed by atoms with van der Waals surface area (Å²) in [5.41, 5.74) is 1.33. The highest BCUT2D eigenvalue weighted by Crippen LogP contribution is 2.12. The number of H-pyrrole nitrogens is 1. The molecule has 0 aliphatic rings. The Balaban J connectivity index is 0.000000279. The summed E-state index contributed by atoms with van der Waals surface area (Å²) >= 11 is 6.25. The van der Waals surface area contributed by atoms with Gasteiger partial charge in [-0.3, -0.25) is 19.5 Å². The Morgan fingerprint density at radius 1 is 1.03 bits per heavy atom. The van der Waals surface area contributed by atoms with Crippen LogP contribution in [0.2, 0.25) is 0 Å². The van der Waals surface area contributed by atoms with Crippen LogP contribution in [0.5, 0.6) is 0 Å². The second kappa shape index (κ2) is 13.3. The van der Waals surface area contributed by atoms with E-state index in [1.54, 1.807) is 40.8 Å². The summed E-state index contributed by atoms with van der Waals surface area (Å²) in [5.74, 6) is -1.99. The van der Waals surface area contributed by atoms with Gasteiger partial charge in [0.1, 0.15) is 26.8 Å². The first-order chi connectivity index (χ1) is 17.7. The predicted molar refractivity (Wildman–Crippen MR) is 141 cm³/mol. The zero-order chi connectivity index (χ0) is 28.6. The van der Waals surface area contributed by atoms with E-state index in [0.717, 1.165) is 4.68 Å². The van der Waals surface area contributed by atoms with Gasteiger partial charge in [0.15, 0.2) is 5.82 Å². The van der Waals surface area contributed by atoms with Gasteiger partial charge < -0.3 is 14.2 Å². The van der Waals surface area contributed by atoms with Crippen molar-refractivity contribution < 1.29 is 33.4 Å². The maximum Gasteiger partial charge on any atom is 0.427 e. The smallest absolute Gasteiger partial charge is 0.427 e. The molecule has 3 rings (SSSR count). The Labute approximate surface area is 233 Å². The maximum absolute atomic E-state index is 12.0. The SMILES string of the molecule is CCOC(=O)CC(=O)c1nc(Br)cn1NC(=O)OC(C)(C)C.CCOC(=O)c1c[nH]n2cc(Br)nc2c1=O. The van der Waals surface area contributed by atoms with Crippen molar-refractivity contribution in [2.45, 2.75) is 46.6 Å². The number of hydrogen-bond acceptors (Lipinski definition) is 10. The molecule has 16 heteroatoms. The van der Waals surface area contributed by atoms with E-state index in [1.165, 1.54) is 16.9 Å². The summed E-state index contributed by atoms with van der Waals surface area (Å²) in [4.78, 5) is 66.2. The molecule has 3 aromatic rings. The van der Waals surface area contributed by atoms with Crippen molar-refractivity contribution in [3.8, 4) is 0 Å². The Morgan fingerprint density at radius 2 is 1.66 bits per heavy atom. The minimum atomic E-state index is -0.748. The van der Waals surface area contributed by atoms with Gasteiger partial charge in [0.05, 0.1) is 25.6 Å². The lowest BCUT2D eigenvalue weighted by Crippen LogP contribution is -2.33. The molecule has 0 aliphatic carbocycles. The van der Waals surface area contributed by atoms with Crippen LogP contribution in [-0.2, 0) is 19.0 Å². The molecule has 3 aromatic heterocycles. The third-order valence-electron chi connectivity index (χ3n) is 4.11.